The molecule has 1 aliphatic rings. The molecule has 0 unspecified atom stereocenters. The molecule has 0 radical (unpaired) electrons. The van der Waals surface area contributed by atoms with E-state index >= 15 is 0 Å². The van der Waals surface area contributed by atoms with E-state index in [1.807, 2.05) is 0 Å². The summed E-state index contributed by atoms with van der Waals surface area (Å²) in [6, 6.07) is 14.8. The lowest BCUT2D eigenvalue weighted by Crippen LogP contribution is -2.47. The Hall–Kier alpha value is -3.61. The monoisotopic (exact) mass is 450 g/mol. The minimum absolute atomic E-state index is 0.00138. The topological polar surface area (TPSA) is 71.8 Å². The molecule has 7 heteroatoms. The Morgan fingerprint density at radius 3 is 2.39 bits per heavy atom. The normalized spacial score (nSPS) is 15.0. The number of rotatable bonds is 7. The minimum Gasteiger partial charge on any atom is -0.497 e. The van der Waals surface area contributed by atoms with Gasteiger partial charge in [-0.15, -0.1) is 0 Å². The Balaban J connectivity index is 1.80. The number of nitrogens with one attached hydrogen (secondary N) is 1. The molecule has 3 aromatic rings. The first kappa shape index (κ1) is 22.6. The van der Waals surface area contributed by atoms with E-state index in [-0.39, 0.29) is 23.4 Å². The molecule has 1 atom stereocenters. The Bertz CT molecular complexity index is 1080. The highest BCUT2D eigenvalue weighted by molar-refractivity contribution is 6.08. The maximum atomic E-state index is 15.0. The Kier molecular flexibility index (Phi) is 7.07. The first-order chi connectivity index (χ1) is 16.1. The summed E-state index contributed by atoms with van der Waals surface area (Å²) in [4.78, 5) is 28.4. The number of para-hydroxylation sites is 1. The molecule has 0 bridgehead atoms. The van der Waals surface area contributed by atoms with Gasteiger partial charge >= 0.3 is 0 Å². The SMILES string of the molecule is COc1ccc([C@@H](C(=O)NC2CCCCC2)N(C(=O)c2ccco2)c2ccccc2F)cc1. The molecule has 33 heavy (non-hydrogen) atoms. The van der Waals surface area contributed by atoms with Crippen molar-refractivity contribution in [1.29, 1.82) is 0 Å². The van der Waals surface area contributed by atoms with Crippen LogP contribution in [0.25, 0.3) is 0 Å². The summed E-state index contributed by atoms with van der Waals surface area (Å²) in [5, 5.41) is 3.10. The van der Waals surface area contributed by atoms with Crippen molar-refractivity contribution in [2.75, 3.05) is 12.0 Å². The summed E-state index contributed by atoms with van der Waals surface area (Å²) in [6.45, 7) is 0. The average molecular weight is 451 g/mol. The lowest BCUT2D eigenvalue weighted by molar-refractivity contribution is -0.123. The highest BCUT2D eigenvalue weighted by Crippen LogP contribution is 2.33. The molecule has 4 rings (SSSR count). The number of methoxy groups -OCH3 is 1. The van der Waals surface area contributed by atoms with E-state index in [0.717, 1.165) is 32.1 Å². The number of hydrogen-bond donors (Lipinski definition) is 1. The second-order valence-corrected chi connectivity index (χ2v) is 8.12. The van der Waals surface area contributed by atoms with Crippen LogP contribution in [0, 0.1) is 5.82 Å². The Morgan fingerprint density at radius 2 is 1.76 bits per heavy atom. The summed E-state index contributed by atoms with van der Waals surface area (Å²) >= 11 is 0. The number of ether oxygens (including phenoxy) is 1. The molecule has 0 spiro atoms. The van der Waals surface area contributed by atoms with E-state index in [1.165, 1.54) is 29.4 Å². The van der Waals surface area contributed by atoms with Crippen molar-refractivity contribution >= 4 is 17.5 Å². The van der Waals surface area contributed by atoms with E-state index in [9.17, 15) is 14.0 Å². The van der Waals surface area contributed by atoms with Crippen molar-refractivity contribution in [2.45, 2.75) is 44.2 Å². The van der Waals surface area contributed by atoms with E-state index in [2.05, 4.69) is 5.32 Å². The van der Waals surface area contributed by atoms with Crippen LogP contribution in [0.1, 0.15) is 54.3 Å². The van der Waals surface area contributed by atoms with Gasteiger partial charge in [0, 0.05) is 6.04 Å². The molecule has 2 amide bonds. The molecule has 0 aliphatic heterocycles. The predicted molar refractivity (Wildman–Crippen MR) is 123 cm³/mol. The first-order valence-corrected chi connectivity index (χ1v) is 11.1. The first-order valence-electron chi connectivity index (χ1n) is 11.1. The van der Waals surface area contributed by atoms with Crippen LogP contribution in [0.3, 0.4) is 0 Å². The van der Waals surface area contributed by atoms with Gasteiger partial charge in [-0.05, 0) is 54.8 Å². The fourth-order valence-corrected chi connectivity index (χ4v) is 4.26. The van der Waals surface area contributed by atoms with Gasteiger partial charge in [0.15, 0.2) is 5.76 Å². The largest absolute Gasteiger partial charge is 0.497 e. The molecule has 1 N–H and O–H groups in total. The fraction of sp³-hybridized carbons (Fsp3) is 0.308. The lowest BCUT2D eigenvalue weighted by atomic mass is 9.94. The van der Waals surface area contributed by atoms with E-state index in [4.69, 9.17) is 9.15 Å². The number of hydrogen-bond acceptors (Lipinski definition) is 4. The average Bonchev–Trinajstić information content (AvgIpc) is 3.39. The van der Waals surface area contributed by atoms with Crippen molar-refractivity contribution in [3.63, 3.8) is 0 Å². The summed E-state index contributed by atoms with van der Waals surface area (Å²) < 4.78 is 25.6. The maximum absolute atomic E-state index is 15.0. The Morgan fingerprint density at radius 1 is 1.03 bits per heavy atom. The number of carbonyl (C=O) groups is 2. The van der Waals surface area contributed by atoms with Gasteiger partial charge in [-0.1, -0.05) is 43.5 Å². The number of amides is 2. The predicted octanol–water partition coefficient (Wildman–Crippen LogP) is 5.26. The third-order valence-corrected chi connectivity index (χ3v) is 5.95. The third kappa shape index (κ3) is 5.08. The van der Waals surface area contributed by atoms with E-state index in [0.29, 0.717) is 11.3 Å². The van der Waals surface area contributed by atoms with Crippen LogP contribution in [0.15, 0.2) is 71.3 Å². The number of furan rings is 1. The lowest BCUT2D eigenvalue weighted by Gasteiger charge is -2.33. The van der Waals surface area contributed by atoms with Gasteiger partial charge in [0.25, 0.3) is 5.91 Å². The van der Waals surface area contributed by atoms with Crippen LogP contribution in [-0.2, 0) is 4.79 Å². The number of nitrogens with zero attached hydrogens (tertiary/aromatic N) is 1. The van der Waals surface area contributed by atoms with Gasteiger partial charge < -0.3 is 14.5 Å². The number of halogens is 1. The highest BCUT2D eigenvalue weighted by Gasteiger charge is 2.36. The summed E-state index contributed by atoms with van der Waals surface area (Å²) in [6.07, 6.45) is 6.37. The second-order valence-electron chi connectivity index (χ2n) is 8.12. The number of anilines is 1. The quantitative estimate of drug-likeness (QED) is 0.533. The van der Waals surface area contributed by atoms with Gasteiger partial charge in [-0.25, -0.2) is 4.39 Å². The minimum atomic E-state index is -1.10. The summed E-state index contributed by atoms with van der Waals surface area (Å²) in [7, 11) is 1.55. The molecular formula is C26H27FN2O4. The standard InChI is InChI=1S/C26H27FN2O4/c1-32-20-15-13-18(14-16-20)24(25(30)28-19-8-3-2-4-9-19)29(22-11-6-5-10-21(22)27)26(31)23-12-7-17-33-23/h5-7,10-17,19,24H,2-4,8-9H2,1H3,(H,28,30)/t24-/m0/s1. The molecular weight excluding hydrogens is 423 g/mol. The van der Waals surface area contributed by atoms with Gasteiger partial charge in [0.05, 0.1) is 19.1 Å². The zero-order chi connectivity index (χ0) is 23.2. The van der Waals surface area contributed by atoms with Gasteiger partial charge in [0.2, 0.25) is 5.91 Å². The van der Waals surface area contributed by atoms with Crippen LogP contribution in [0.2, 0.25) is 0 Å². The molecule has 0 saturated heterocycles. The maximum Gasteiger partial charge on any atom is 0.295 e. The summed E-state index contributed by atoms with van der Waals surface area (Å²) in [5.74, 6) is -0.955. The number of carbonyl (C=O) groups excluding carboxylic acids is 2. The molecule has 1 aliphatic carbocycles. The third-order valence-electron chi connectivity index (χ3n) is 5.95. The van der Waals surface area contributed by atoms with Gasteiger partial charge in [0.1, 0.15) is 17.6 Å². The van der Waals surface area contributed by atoms with Crippen molar-refractivity contribution < 1.29 is 23.1 Å². The molecule has 2 aromatic carbocycles. The molecule has 1 aromatic heterocycles. The zero-order valence-electron chi connectivity index (χ0n) is 18.5. The second kappa shape index (κ2) is 10.3. The molecule has 6 nitrogen and oxygen atoms in total. The zero-order valence-corrected chi connectivity index (χ0v) is 18.5. The number of benzene rings is 2. The van der Waals surface area contributed by atoms with Crippen molar-refractivity contribution in [1.82, 2.24) is 5.32 Å². The fourth-order valence-electron chi connectivity index (χ4n) is 4.26. The van der Waals surface area contributed by atoms with Crippen LogP contribution < -0.4 is 15.0 Å². The van der Waals surface area contributed by atoms with Crippen molar-refractivity contribution in [2.24, 2.45) is 0 Å². The van der Waals surface area contributed by atoms with Gasteiger partial charge in [-0.3, -0.25) is 14.5 Å². The van der Waals surface area contributed by atoms with Crippen LogP contribution in [0.5, 0.6) is 5.75 Å². The molecule has 1 saturated carbocycles. The summed E-state index contributed by atoms with van der Waals surface area (Å²) in [5.41, 5.74) is 0.533. The van der Waals surface area contributed by atoms with Crippen LogP contribution in [0.4, 0.5) is 10.1 Å². The van der Waals surface area contributed by atoms with Crippen LogP contribution >= 0.6 is 0 Å². The van der Waals surface area contributed by atoms with E-state index < -0.39 is 17.8 Å². The van der Waals surface area contributed by atoms with Crippen molar-refractivity contribution in [3.8, 4) is 5.75 Å². The Labute approximate surface area is 192 Å². The molecule has 1 fully saturated rings. The highest BCUT2D eigenvalue weighted by atomic mass is 19.1. The molecule has 172 valence electrons. The van der Waals surface area contributed by atoms with Gasteiger partial charge in [-0.2, -0.15) is 0 Å². The van der Waals surface area contributed by atoms with Crippen LogP contribution in [-0.4, -0.2) is 25.0 Å². The smallest absolute Gasteiger partial charge is 0.295 e. The van der Waals surface area contributed by atoms with E-state index in [1.54, 1.807) is 49.6 Å². The van der Waals surface area contributed by atoms with Crippen molar-refractivity contribution in [3.05, 3.63) is 84.1 Å². The molecule has 1 heterocycles.